The monoisotopic (exact) mass is 329 g/mol. The van der Waals surface area contributed by atoms with Crippen LogP contribution in [0.2, 0.25) is 0 Å². The maximum Gasteiger partial charge on any atom is 0.0709 e. The second-order valence-electron chi connectivity index (χ2n) is 6.36. The van der Waals surface area contributed by atoms with E-state index in [9.17, 15) is 0 Å². The van der Waals surface area contributed by atoms with Crippen molar-refractivity contribution in [1.29, 1.82) is 0 Å². The van der Waals surface area contributed by atoms with Gasteiger partial charge in [0.25, 0.3) is 0 Å². The van der Waals surface area contributed by atoms with Crippen molar-refractivity contribution in [3.05, 3.63) is 77.5 Å². The van der Waals surface area contributed by atoms with E-state index in [2.05, 4.69) is 74.3 Å². The first-order valence-electron chi connectivity index (χ1n) is 8.15. The molecule has 24 heavy (non-hydrogen) atoms. The first-order chi connectivity index (χ1) is 11.6. The molecule has 118 valence electrons. The van der Waals surface area contributed by atoms with Gasteiger partial charge in [-0.1, -0.05) is 48.0 Å². The normalized spacial score (nSPS) is 11.1. The van der Waals surface area contributed by atoms with Crippen molar-refractivity contribution >= 4 is 21.4 Å². The number of hydrogen-bond donors (Lipinski definition) is 0. The van der Waals surface area contributed by atoms with Crippen LogP contribution in [0.15, 0.2) is 60.8 Å². The number of nitrogens with zero attached hydrogens (tertiary/aromatic N) is 1. The quantitative estimate of drug-likeness (QED) is 0.406. The number of benzene rings is 2. The van der Waals surface area contributed by atoms with Crippen LogP contribution in [0.5, 0.6) is 0 Å². The van der Waals surface area contributed by atoms with E-state index in [4.69, 9.17) is 0 Å². The number of aryl methyl sites for hydroxylation is 3. The number of pyridine rings is 1. The number of fused-ring (bicyclic) bond motifs is 1. The molecule has 2 aromatic carbocycles. The predicted octanol–water partition coefficient (Wildman–Crippen LogP) is 6.56. The van der Waals surface area contributed by atoms with Gasteiger partial charge in [-0.15, -0.1) is 11.3 Å². The minimum atomic E-state index is 1.03. The standard InChI is InChI=1S/C22H19NS/c1-14-9-15(2)22(16(3)10-14)20-12-18-11-19(23-13-21(18)24-20)17-7-5-4-6-8-17/h4-13H,1-3H3. The molecule has 0 spiro atoms. The van der Waals surface area contributed by atoms with Crippen LogP contribution in [0, 0.1) is 20.8 Å². The predicted molar refractivity (Wildman–Crippen MR) is 105 cm³/mol. The topological polar surface area (TPSA) is 12.9 Å². The van der Waals surface area contributed by atoms with Gasteiger partial charge in [0, 0.05) is 16.6 Å². The van der Waals surface area contributed by atoms with Gasteiger partial charge in [-0.05, 0) is 55.0 Å². The van der Waals surface area contributed by atoms with E-state index >= 15 is 0 Å². The van der Waals surface area contributed by atoms with Gasteiger partial charge in [0.15, 0.2) is 0 Å². The molecule has 4 rings (SSSR count). The first-order valence-corrected chi connectivity index (χ1v) is 8.97. The van der Waals surface area contributed by atoms with Crippen molar-refractivity contribution in [2.24, 2.45) is 0 Å². The highest BCUT2D eigenvalue weighted by atomic mass is 32.1. The van der Waals surface area contributed by atoms with Crippen LogP contribution >= 0.6 is 11.3 Å². The average Bonchev–Trinajstić information content (AvgIpc) is 2.97. The molecule has 2 aromatic heterocycles. The fraction of sp³-hybridized carbons (Fsp3) is 0.136. The van der Waals surface area contributed by atoms with Gasteiger partial charge in [0.05, 0.1) is 10.4 Å². The van der Waals surface area contributed by atoms with Crippen LogP contribution in [0.4, 0.5) is 0 Å². The Labute approximate surface area is 146 Å². The smallest absolute Gasteiger partial charge is 0.0709 e. The lowest BCUT2D eigenvalue weighted by molar-refractivity contribution is 1.33. The summed E-state index contributed by atoms with van der Waals surface area (Å²) in [6.07, 6.45) is 2.00. The molecule has 0 aliphatic heterocycles. The molecule has 2 heterocycles. The number of hydrogen-bond acceptors (Lipinski definition) is 2. The van der Waals surface area contributed by atoms with Crippen molar-refractivity contribution < 1.29 is 0 Å². The Morgan fingerprint density at radius 2 is 1.54 bits per heavy atom. The lowest BCUT2D eigenvalue weighted by Crippen LogP contribution is -1.87. The minimum absolute atomic E-state index is 1.03. The summed E-state index contributed by atoms with van der Waals surface area (Å²) in [4.78, 5) is 5.98. The van der Waals surface area contributed by atoms with Crippen LogP contribution in [-0.4, -0.2) is 4.98 Å². The molecule has 0 aliphatic carbocycles. The van der Waals surface area contributed by atoms with Gasteiger partial charge in [0.1, 0.15) is 0 Å². The summed E-state index contributed by atoms with van der Waals surface area (Å²) in [6.45, 7) is 6.56. The molecule has 0 fully saturated rings. The third-order valence-electron chi connectivity index (χ3n) is 4.40. The summed E-state index contributed by atoms with van der Waals surface area (Å²) in [7, 11) is 0. The lowest BCUT2D eigenvalue weighted by atomic mass is 9.98. The van der Waals surface area contributed by atoms with Gasteiger partial charge >= 0.3 is 0 Å². The van der Waals surface area contributed by atoms with E-state index < -0.39 is 0 Å². The molecule has 0 bridgehead atoms. The summed E-state index contributed by atoms with van der Waals surface area (Å²) < 4.78 is 1.24. The highest BCUT2D eigenvalue weighted by Gasteiger charge is 2.11. The lowest BCUT2D eigenvalue weighted by Gasteiger charge is -2.09. The van der Waals surface area contributed by atoms with E-state index in [1.807, 2.05) is 23.6 Å². The molecule has 0 N–H and O–H groups in total. The zero-order valence-corrected chi connectivity index (χ0v) is 14.9. The average molecular weight is 329 g/mol. The highest BCUT2D eigenvalue weighted by molar-refractivity contribution is 7.22. The highest BCUT2D eigenvalue weighted by Crippen LogP contribution is 2.38. The van der Waals surface area contributed by atoms with E-state index in [0.29, 0.717) is 0 Å². The van der Waals surface area contributed by atoms with Gasteiger partial charge < -0.3 is 0 Å². The molecule has 2 heteroatoms. The molecule has 0 atom stereocenters. The van der Waals surface area contributed by atoms with Crippen LogP contribution in [0.3, 0.4) is 0 Å². The summed E-state index contributed by atoms with van der Waals surface area (Å²) in [6, 6.07) is 19.4. The summed E-state index contributed by atoms with van der Waals surface area (Å²) >= 11 is 1.83. The molecular formula is C22H19NS. The molecule has 4 aromatic rings. The number of rotatable bonds is 2. The second kappa shape index (κ2) is 5.88. The zero-order valence-electron chi connectivity index (χ0n) is 14.1. The summed E-state index contributed by atoms with van der Waals surface area (Å²) in [5.74, 6) is 0. The number of aromatic nitrogens is 1. The van der Waals surface area contributed by atoms with Gasteiger partial charge in [-0.2, -0.15) is 0 Å². The molecule has 0 saturated carbocycles. The van der Waals surface area contributed by atoms with Crippen molar-refractivity contribution in [3.8, 4) is 21.7 Å². The molecular weight excluding hydrogens is 310 g/mol. The Balaban J connectivity index is 1.85. The summed E-state index contributed by atoms with van der Waals surface area (Å²) in [5.41, 5.74) is 7.57. The third kappa shape index (κ3) is 2.63. The van der Waals surface area contributed by atoms with E-state index in [1.54, 1.807) is 0 Å². The molecule has 0 aliphatic rings. The minimum Gasteiger partial charge on any atom is -0.255 e. The Hall–Kier alpha value is -2.45. The van der Waals surface area contributed by atoms with Crippen molar-refractivity contribution in [1.82, 2.24) is 4.98 Å². The Kier molecular flexibility index (Phi) is 3.70. The maximum absolute atomic E-state index is 4.65. The van der Waals surface area contributed by atoms with E-state index in [1.165, 1.54) is 37.2 Å². The van der Waals surface area contributed by atoms with Crippen LogP contribution in [0.25, 0.3) is 31.8 Å². The van der Waals surface area contributed by atoms with E-state index in [-0.39, 0.29) is 0 Å². The van der Waals surface area contributed by atoms with E-state index in [0.717, 1.165) is 11.3 Å². The molecule has 0 radical (unpaired) electrons. The molecule has 0 unspecified atom stereocenters. The van der Waals surface area contributed by atoms with Gasteiger partial charge in [-0.3, -0.25) is 4.98 Å². The molecule has 0 amide bonds. The third-order valence-corrected chi connectivity index (χ3v) is 5.50. The fourth-order valence-corrected chi connectivity index (χ4v) is 4.59. The maximum atomic E-state index is 4.65. The summed E-state index contributed by atoms with van der Waals surface area (Å²) in [5, 5.41) is 1.27. The zero-order chi connectivity index (χ0) is 16.7. The van der Waals surface area contributed by atoms with Gasteiger partial charge in [0.2, 0.25) is 0 Å². The largest absolute Gasteiger partial charge is 0.255 e. The van der Waals surface area contributed by atoms with Crippen molar-refractivity contribution in [2.45, 2.75) is 20.8 Å². The van der Waals surface area contributed by atoms with Gasteiger partial charge in [-0.25, -0.2) is 0 Å². The Morgan fingerprint density at radius 1 is 0.833 bits per heavy atom. The fourth-order valence-electron chi connectivity index (χ4n) is 3.40. The SMILES string of the molecule is Cc1cc(C)c(-c2cc3cc(-c4ccccc4)ncc3s2)c(C)c1. The number of thiophene rings is 1. The van der Waals surface area contributed by atoms with Crippen LogP contribution < -0.4 is 0 Å². The Morgan fingerprint density at radius 3 is 2.25 bits per heavy atom. The van der Waals surface area contributed by atoms with Crippen molar-refractivity contribution in [2.75, 3.05) is 0 Å². The first kappa shape index (κ1) is 15.1. The van der Waals surface area contributed by atoms with Crippen LogP contribution in [0.1, 0.15) is 16.7 Å². The molecule has 0 saturated heterocycles. The van der Waals surface area contributed by atoms with Crippen molar-refractivity contribution in [3.63, 3.8) is 0 Å². The second-order valence-corrected chi connectivity index (χ2v) is 7.44. The molecule has 1 nitrogen and oxygen atoms in total. The van der Waals surface area contributed by atoms with Crippen LogP contribution in [-0.2, 0) is 0 Å². The Bertz CT molecular complexity index is 1010.